The lowest BCUT2D eigenvalue weighted by atomic mass is 10.0. The van der Waals surface area contributed by atoms with Gasteiger partial charge in [-0.1, -0.05) is 37.3 Å². The van der Waals surface area contributed by atoms with Gasteiger partial charge in [-0.3, -0.25) is 14.4 Å². The van der Waals surface area contributed by atoms with Crippen molar-refractivity contribution in [2.24, 2.45) is 0 Å². The molecule has 0 saturated carbocycles. The van der Waals surface area contributed by atoms with Gasteiger partial charge in [0.05, 0.1) is 17.8 Å². The lowest BCUT2D eigenvalue weighted by Crippen LogP contribution is -2.42. The van der Waals surface area contributed by atoms with E-state index in [0.29, 0.717) is 28.2 Å². The van der Waals surface area contributed by atoms with E-state index in [-0.39, 0.29) is 29.8 Å². The Morgan fingerprint density at radius 3 is 2.06 bits per heavy atom. The van der Waals surface area contributed by atoms with Gasteiger partial charge in [-0.15, -0.1) is 0 Å². The molecule has 3 aromatic carbocycles. The minimum Gasteiger partial charge on any atom is -0.376 e. The van der Waals surface area contributed by atoms with Crippen LogP contribution in [0.1, 0.15) is 47.9 Å². The number of carbonyl (C=O) groups is 3. The van der Waals surface area contributed by atoms with Gasteiger partial charge in [0.25, 0.3) is 11.8 Å². The van der Waals surface area contributed by atoms with Crippen LogP contribution < -0.4 is 21.3 Å². The molecule has 4 N–H and O–H groups in total. The van der Waals surface area contributed by atoms with Crippen molar-refractivity contribution >= 4 is 34.8 Å². The van der Waals surface area contributed by atoms with Crippen LogP contribution >= 0.6 is 0 Å². The maximum atomic E-state index is 12.7. The molecule has 0 spiro atoms. The minimum absolute atomic E-state index is 0.00302. The van der Waals surface area contributed by atoms with Gasteiger partial charge >= 0.3 is 0 Å². The van der Waals surface area contributed by atoms with E-state index < -0.39 is 0 Å². The lowest BCUT2D eigenvalue weighted by molar-refractivity contribution is -0.114. The third kappa shape index (κ3) is 6.93. The molecule has 0 radical (unpaired) electrons. The second-order valence-corrected chi connectivity index (χ2v) is 8.54. The molecule has 34 heavy (non-hydrogen) atoms. The summed E-state index contributed by atoms with van der Waals surface area (Å²) in [5.74, 6) is -0.747. The summed E-state index contributed by atoms with van der Waals surface area (Å²) in [7, 11) is 0. The van der Waals surface area contributed by atoms with Crippen LogP contribution in [0.4, 0.5) is 17.1 Å². The van der Waals surface area contributed by atoms with Crippen molar-refractivity contribution in [2.45, 2.75) is 32.7 Å². The van der Waals surface area contributed by atoms with Gasteiger partial charge < -0.3 is 21.3 Å². The van der Waals surface area contributed by atoms with Crippen LogP contribution in [-0.4, -0.2) is 29.8 Å². The molecule has 0 unspecified atom stereocenters. The smallest absolute Gasteiger partial charge is 0.257 e. The first kappa shape index (κ1) is 24.5. The molecule has 0 aromatic heterocycles. The monoisotopic (exact) mass is 458 g/mol. The maximum Gasteiger partial charge on any atom is 0.257 e. The minimum atomic E-state index is -0.310. The fraction of sp³-hybridized carbons (Fsp3) is 0.222. The molecule has 0 aliphatic heterocycles. The van der Waals surface area contributed by atoms with Gasteiger partial charge in [-0.25, -0.2) is 0 Å². The molecule has 7 nitrogen and oxygen atoms in total. The zero-order chi connectivity index (χ0) is 24.6. The van der Waals surface area contributed by atoms with Crippen LogP contribution in [-0.2, 0) is 4.79 Å². The largest absolute Gasteiger partial charge is 0.376 e. The molecular weight excluding hydrogens is 428 g/mol. The van der Waals surface area contributed by atoms with Gasteiger partial charge in [0.1, 0.15) is 0 Å². The summed E-state index contributed by atoms with van der Waals surface area (Å²) in [6.07, 6.45) is 0.824. The first-order valence-corrected chi connectivity index (χ1v) is 11.2. The highest BCUT2D eigenvalue weighted by Gasteiger charge is 2.18. The van der Waals surface area contributed by atoms with Crippen molar-refractivity contribution < 1.29 is 14.4 Å². The highest BCUT2D eigenvalue weighted by molar-refractivity contribution is 6.10. The van der Waals surface area contributed by atoms with Crippen LogP contribution in [0, 0.1) is 0 Å². The van der Waals surface area contributed by atoms with Crippen LogP contribution in [0.15, 0.2) is 78.9 Å². The Kier molecular flexibility index (Phi) is 8.03. The summed E-state index contributed by atoms with van der Waals surface area (Å²) in [6, 6.07) is 22.9. The number of hydrogen-bond acceptors (Lipinski definition) is 4. The van der Waals surface area contributed by atoms with E-state index in [9.17, 15) is 14.4 Å². The number of anilines is 3. The molecule has 0 atom stereocenters. The van der Waals surface area contributed by atoms with E-state index in [1.165, 1.54) is 0 Å². The molecule has 3 aromatic rings. The summed E-state index contributed by atoms with van der Waals surface area (Å²) in [5, 5.41) is 11.6. The molecule has 0 aliphatic rings. The van der Waals surface area contributed by atoms with Crippen LogP contribution in [0.5, 0.6) is 0 Å². The molecule has 3 amide bonds. The van der Waals surface area contributed by atoms with Crippen molar-refractivity contribution in [3.05, 3.63) is 90.0 Å². The van der Waals surface area contributed by atoms with Crippen molar-refractivity contribution in [3.8, 4) is 0 Å². The number of rotatable bonds is 9. The average Bonchev–Trinajstić information content (AvgIpc) is 2.83. The van der Waals surface area contributed by atoms with E-state index in [0.717, 1.165) is 6.42 Å². The third-order valence-corrected chi connectivity index (χ3v) is 5.41. The van der Waals surface area contributed by atoms with Gasteiger partial charge in [-0.05, 0) is 68.8 Å². The summed E-state index contributed by atoms with van der Waals surface area (Å²) >= 11 is 0. The number of carbonyl (C=O) groups excluding carboxylic acids is 3. The summed E-state index contributed by atoms with van der Waals surface area (Å²) < 4.78 is 0. The normalized spacial score (nSPS) is 10.8. The second-order valence-electron chi connectivity index (χ2n) is 8.54. The van der Waals surface area contributed by atoms with Crippen molar-refractivity contribution in [1.82, 2.24) is 5.32 Å². The van der Waals surface area contributed by atoms with Crippen molar-refractivity contribution in [3.63, 3.8) is 0 Å². The summed E-state index contributed by atoms with van der Waals surface area (Å²) in [6.45, 7) is 5.97. The number of para-hydroxylation sites is 2. The first-order chi connectivity index (χ1) is 16.3. The van der Waals surface area contributed by atoms with E-state index in [4.69, 9.17) is 0 Å². The Balaban J connectivity index is 1.56. The summed E-state index contributed by atoms with van der Waals surface area (Å²) in [4.78, 5) is 37.6. The van der Waals surface area contributed by atoms with Crippen molar-refractivity contribution in [2.75, 3.05) is 22.5 Å². The van der Waals surface area contributed by atoms with Crippen LogP contribution in [0.2, 0.25) is 0 Å². The number of hydrogen-bond donors (Lipinski definition) is 4. The van der Waals surface area contributed by atoms with Crippen molar-refractivity contribution in [1.29, 1.82) is 0 Å². The SMILES string of the molecule is CCC(C)(C)NC(=O)c1ccc(NCC(=O)Nc2ccccc2C(=O)Nc2ccccc2)cc1. The molecular formula is C27H30N4O3. The highest BCUT2D eigenvalue weighted by Crippen LogP contribution is 2.18. The van der Waals surface area contributed by atoms with E-state index in [2.05, 4.69) is 21.3 Å². The molecule has 3 rings (SSSR count). The zero-order valence-electron chi connectivity index (χ0n) is 19.6. The first-order valence-electron chi connectivity index (χ1n) is 11.2. The van der Waals surface area contributed by atoms with Crippen LogP contribution in [0.3, 0.4) is 0 Å². The fourth-order valence-electron chi connectivity index (χ4n) is 3.09. The van der Waals surface area contributed by atoms with Crippen LogP contribution in [0.25, 0.3) is 0 Å². The Morgan fingerprint density at radius 1 is 0.735 bits per heavy atom. The maximum absolute atomic E-state index is 12.7. The van der Waals surface area contributed by atoms with Gasteiger partial charge in [-0.2, -0.15) is 0 Å². The fourth-order valence-corrected chi connectivity index (χ4v) is 3.09. The van der Waals surface area contributed by atoms with Gasteiger partial charge in [0, 0.05) is 22.5 Å². The Hall–Kier alpha value is -4.13. The molecule has 0 bridgehead atoms. The van der Waals surface area contributed by atoms with E-state index in [1.54, 1.807) is 60.7 Å². The van der Waals surface area contributed by atoms with E-state index in [1.807, 2.05) is 39.0 Å². The highest BCUT2D eigenvalue weighted by atomic mass is 16.2. The van der Waals surface area contributed by atoms with Gasteiger partial charge in [0.2, 0.25) is 5.91 Å². The molecule has 0 fully saturated rings. The summed E-state index contributed by atoms with van der Waals surface area (Å²) in [5.41, 5.74) is 2.44. The Morgan fingerprint density at radius 2 is 1.38 bits per heavy atom. The molecule has 0 saturated heterocycles. The topological polar surface area (TPSA) is 99.3 Å². The lowest BCUT2D eigenvalue weighted by Gasteiger charge is -2.24. The number of amides is 3. The third-order valence-electron chi connectivity index (χ3n) is 5.41. The predicted molar refractivity (Wildman–Crippen MR) is 136 cm³/mol. The Bertz CT molecular complexity index is 1140. The molecule has 176 valence electrons. The Labute approximate surface area is 200 Å². The predicted octanol–water partition coefficient (Wildman–Crippen LogP) is 4.91. The number of nitrogens with one attached hydrogen (secondary N) is 4. The standard InChI is InChI=1S/C27H30N4O3/c1-4-27(2,3)31-25(33)19-14-16-20(17-15-19)28-18-24(32)30-23-13-9-8-12-22(23)26(34)29-21-10-6-5-7-11-21/h5-17,28H,4,18H2,1-3H3,(H,29,34)(H,30,32)(H,31,33). The second kappa shape index (κ2) is 11.1. The number of benzene rings is 3. The van der Waals surface area contributed by atoms with Gasteiger partial charge in [0.15, 0.2) is 0 Å². The molecule has 7 heteroatoms. The average molecular weight is 459 g/mol. The molecule has 0 heterocycles. The zero-order valence-corrected chi connectivity index (χ0v) is 19.6. The molecule has 0 aliphatic carbocycles. The van der Waals surface area contributed by atoms with E-state index >= 15 is 0 Å². The quantitative estimate of drug-likeness (QED) is 0.366.